The van der Waals surface area contributed by atoms with Crippen LogP contribution in [0.2, 0.25) is 0 Å². The predicted octanol–water partition coefficient (Wildman–Crippen LogP) is 1.81. The molecule has 0 bridgehead atoms. The monoisotopic (exact) mass is 265 g/mol. The SMILES string of the molecule is Cc1cc(CN2CC(C)CCC2C)oc1C(=O)NN. The molecule has 2 heterocycles. The second-order valence-electron chi connectivity index (χ2n) is 5.66. The van der Waals surface area contributed by atoms with Gasteiger partial charge in [0.15, 0.2) is 5.76 Å². The number of rotatable bonds is 3. The molecule has 1 fully saturated rings. The number of likely N-dealkylation sites (tertiary alicyclic amines) is 1. The van der Waals surface area contributed by atoms with Crippen LogP contribution >= 0.6 is 0 Å². The summed E-state index contributed by atoms with van der Waals surface area (Å²) >= 11 is 0. The van der Waals surface area contributed by atoms with Gasteiger partial charge in [0, 0.05) is 18.2 Å². The summed E-state index contributed by atoms with van der Waals surface area (Å²) in [5.74, 6) is 6.63. The minimum Gasteiger partial charge on any atom is -0.454 e. The molecule has 2 atom stereocenters. The number of aryl methyl sites for hydroxylation is 1. The number of nitrogens with two attached hydrogens (primary N) is 1. The maximum Gasteiger partial charge on any atom is 0.301 e. The molecule has 5 nitrogen and oxygen atoms in total. The first-order valence-electron chi connectivity index (χ1n) is 6.85. The van der Waals surface area contributed by atoms with Crippen LogP contribution in [0.4, 0.5) is 0 Å². The van der Waals surface area contributed by atoms with E-state index in [1.54, 1.807) is 0 Å². The zero-order valence-corrected chi connectivity index (χ0v) is 11.9. The molecule has 3 N–H and O–H groups in total. The molecule has 106 valence electrons. The van der Waals surface area contributed by atoms with E-state index in [-0.39, 0.29) is 5.91 Å². The number of hydrazine groups is 1. The van der Waals surface area contributed by atoms with E-state index in [1.807, 2.05) is 13.0 Å². The molecule has 1 amide bonds. The number of nitrogens with one attached hydrogen (secondary N) is 1. The minimum absolute atomic E-state index is 0.315. The van der Waals surface area contributed by atoms with E-state index in [1.165, 1.54) is 12.8 Å². The third-order valence-electron chi connectivity index (χ3n) is 3.91. The largest absolute Gasteiger partial charge is 0.454 e. The van der Waals surface area contributed by atoms with Crippen molar-refractivity contribution in [2.24, 2.45) is 11.8 Å². The maximum atomic E-state index is 11.5. The number of nitrogens with zero attached hydrogens (tertiary/aromatic N) is 1. The summed E-state index contributed by atoms with van der Waals surface area (Å²) in [4.78, 5) is 13.9. The van der Waals surface area contributed by atoms with E-state index in [0.717, 1.165) is 30.3 Å². The van der Waals surface area contributed by atoms with Gasteiger partial charge in [0.2, 0.25) is 0 Å². The third-order valence-corrected chi connectivity index (χ3v) is 3.91. The fraction of sp³-hybridized carbons (Fsp3) is 0.643. The zero-order valence-electron chi connectivity index (χ0n) is 11.9. The van der Waals surface area contributed by atoms with Crippen LogP contribution in [-0.4, -0.2) is 23.4 Å². The molecule has 0 aromatic carbocycles. The van der Waals surface area contributed by atoms with Gasteiger partial charge in [0.1, 0.15) is 5.76 Å². The van der Waals surface area contributed by atoms with Crippen LogP contribution in [0.15, 0.2) is 10.5 Å². The standard InChI is InChI=1S/C14H23N3O2/c1-9-4-5-11(3)17(7-9)8-12-6-10(2)13(19-12)14(18)16-15/h6,9,11H,4-5,7-8,15H2,1-3H3,(H,16,18). The Morgan fingerprint density at radius 3 is 2.95 bits per heavy atom. The second-order valence-corrected chi connectivity index (χ2v) is 5.66. The van der Waals surface area contributed by atoms with Crippen LogP contribution in [0.1, 0.15) is 48.6 Å². The number of furan rings is 1. The topological polar surface area (TPSA) is 71.5 Å². The van der Waals surface area contributed by atoms with Gasteiger partial charge in [-0.25, -0.2) is 5.84 Å². The lowest BCUT2D eigenvalue weighted by Crippen LogP contribution is -2.40. The summed E-state index contributed by atoms with van der Waals surface area (Å²) in [7, 11) is 0. The zero-order chi connectivity index (χ0) is 14.0. The molecule has 1 aliphatic rings. The van der Waals surface area contributed by atoms with Gasteiger partial charge in [-0.2, -0.15) is 0 Å². The molecule has 0 spiro atoms. The molecule has 0 radical (unpaired) electrons. The van der Waals surface area contributed by atoms with E-state index in [0.29, 0.717) is 11.8 Å². The van der Waals surface area contributed by atoms with Crippen LogP contribution in [-0.2, 0) is 6.54 Å². The number of hydrogen-bond acceptors (Lipinski definition) is 4. The number of piperidine rings is 1. The Labute approximate surface area is 114 Å². The first kappa shape index (κ1) is 14.1. The van der Waals surface area contributed by atoms with Crippen molar-refractivity contribution in [2.75, 3.05) is 6.54 Å². The highest BCUT2D eigenvalue weighted by Crippen LogP contribution is 2.24. The van der Waals surface area contributed by atoms with Crippen LogP contribution in [0.3, 0.4) is 0 Å². The molecular weight excluding hydrogens is 242 g/mol. The smallest absolute Gasteiger partial charge is 0.301 e. The average molecular weight is 265 g/mol. The molecule has 1 saturated heterocycles. The number of nitrogen functional groups attached to an aromatic ring is 1. The van der Waals surface area contributed by atoms with Crippen molar-refractivity contribution >= 4 is 5.91 Å². The fourth-order valence-corrected chi connectivity index (χ4v) is 2.72. The normalized spacial score (nSPS) is 24.4. The van der Waals surface area contributed by atoms with Gasteiger partial charge in [-0.05, 0) is 38.7 Å². The van der Waals surface area contributed by atoms with Gasteiger partial charge >= 0.3 is 5.91 Å². The Morgan fingerprint density at radius 2 is 2.26 bits per heavy atom. The van der Waals surface area contributed by atoms with E-state index in [4.69, 9.17) is 10.3 Å². The molecule has 5 heteroatoms. The van der Waals surface area contributed by atoms with Crippen molar-refractivity contribution in [3.05, 3.63) is 23.2 Å². The van der Waals surface area contributed by atoms with Crippen molar-refractivity contribution < 1.29 is 9.21 Å². The summed E-state index contributed by atoms with van der Waals surface area (Å²) < 4.78 is 5.62. The molecular formula is C14H23N3O2. The highest BCUT2D eigenvalue weighted by atomic mass is 16.4. The Bertz CT molecular complexity index is 456. The predicted molar refractivity (Wildman–Crippen MR) is 73.4 cm³/mol. The van der Waals surface area contributed by atoms with E-state index in [2.05, 4.69) is 24.2 Å². The molecule has 19 heavy (non-hydrogen) atoms. The Morgan fingerprint density at radius 1 is 1.53 bits per heavy atom. The first-order valence-corrected chi connectivity index (χ1v) is 6.85. The van der Waals surface area contributed by atoms with E-state index < -0.39 is 0 Å². The average Bonchev–Trinajstić information content (AvgIpc) is 2.74. The molecule has 1 aliphatic heterocycles. The van der Waals surface area contributed by atoms with Crippen molar-refractivity contribution in [1.29, 1.82) is 0 Å². The Kier molecular flexibility index (Phi) is 4.27. The molecule has 2 rings (SSSR count). The summed E-state index contributed by atoms with van der Waals surface area (Å²) in [6.07, 6.45) is 2.51. The Balaban J connectivity index is 2.08. The Hall–Kier alpha value is -1.33. The van der Waals surface area contributed by atoms with E-state index >= 15 is 0 Å². The van der Waals surface area contributed by atoms with Gasteiger partial charge in [-0.3, -0.25) is 15.1 Å². The van der Waals surface area contributed by atoms with Gasteiger partial charge < -0.3 is 4.42 Å². The highest BCUT2D eigenvalue weighted by Gasteiger charge is 2.24. The fourth-order valence-electron chi connectivity index (χ4n) is 2.72. The molecule has 0 aliphatic carbocycles. The maximum absolute atomic E-state index is 11.5. The minimum atomic E-state index is -0.371. The van der Waals surface area contributed by atoms with Crippen LogP contribution in [0.25, 0.3) is 0 Å². The third kappa shape index (κ3) is 3.16. The lowest BCUT2D eigenvalue weighted by atomic mass is 9.95. The van der Waals surface area contributed by atoms with Gasteiger partial charge in [-0.15, -0.1) is 0 Å². The van der Waals surface area contributed by atoms with Crippen molar-refractivity contribution in [3.8, 4) is 0 Å². The molecule has 1 aromatic heterocycles. The lowest BCUT2D eigenvalue weighted by Gasteiger charge is -2.36. The number of carbonyl (C=O) groups is 1. The number of carbonyl (C=O) groups excluding carboxylic acids is 1. The van der Waals surface area contributed by atoms with Gasteiger partial charge in [0.25, 0.3) is 0 Å². The summed E-state index contributed by atoms with van der Waals surface area (Å²) in [5, 5.41) is 0. The number of hydrogen-bond donors (Lipinski definition) is 2. The van der Waals surface area contributed by atoms with Crippen molar-refractivity contribution in [1.82, 2.24) is 10.3 Å². The summed E-state index contributed by atoms with van der Waals surface area (Å²) in [5.41, 5.74) is 2.94. The summed E-state index contributed by atoms with van der Waals surface area (Å²) in [6.45, 7) is 8.22. The molecule has 1 aromatic rings. The quantitative estimate of drug-likeness (QED) is 0.497. The first-order chi connectivity index (χ1) is 9.01. The highest BCUT2D eigenvalue weighted by molar-refractivity contribution is 5.92. The van der Waals surface area contributed by atoms with Crippen molar-refractivity contribution in [3.63, 3.8) is 0 Å². The summed E-state index contributed by atoms with van der Waals surface area (Å²) in [6, 6.07) is 2.49. The van der Waals surface area contributed by atoms with Gasteiger partial charge in [0.05, 0.1) is 6.54 Å². The van der Waals surface area contributed by atoms with Crippen LogP contribution in [0.5, 0.6) is 0 Å². The van der Waals surface area contributed by atoms with Crippen molar-refractivity contribution in [2.45, 2.75) is 46.2 Å². The van der Waals surface area contributed by atoms with Crippen LogP contribution in [0, 0.1) is 12.8 Å². The molecule has 0 saturated carbocycles. The second kappa shape index (κ2) is 5.75. The molecule has 2 unspecified atom stereocenters. The lowest BCUT2D eigenvalue weighted by molar-refractivity contribution is 0.0906. The number of amides is 1. The van der Waals surface area contributed by atoms with E-state index in [9.17, 15) is 4.79 Å². The van der Waals surface area contributed by atoms with Gasteiger partial charge in [-0.1, -0.05) is 6.92 Å². The van der Waals surface area contributed by atoms with Crippen LogP contribution < -0.4 is 11.3 Å².